The molecule has 1 aromatic carbocycles. The van der Waals surface area contributed by atoms with E-state index in [2.05, 4.69) is 23.8 Å². The normalized spacial score (nSPS) is 16.5. The molecular formula is C23H29ClN6O. The number of benzene rings is 1. The van der Waals surface area contributed by atoms with Crippen molar-refractivity contribution in [2.45, 2.75) is 44.9 Å². The highest BCUT2D eigenvalue weighted by Crippen LogP contribution is 2.29. The van der Waals surface area contributed by atoms with Gasteiger partial charge >= 0.3 is 0 Å². The summed E-state index contributed by atoms with van der Waals surface area (Å²) in [4.78, 5) is 26.3. The lowest BCUT2D eigenvalue weighted by atomic mass is 10.1. The maximum Gasteiger partial charge on any atom is 0.240 e. The van der Waals surface area contributed by atoms with E-state index >= 15 is 0 Å². The van der Waals surface area contributed by atoms with E-state index in [-0.39, 0.29) is 11.8 Å². The summed E-state index contributed by atoms with van der Waals surface area (Å²) in [6, 6.07) is 10.0. The van der Waals surface area contributed by atoms with Gasteiger partial charge in [0.2, 0.25) is 5.91 Å². The van der Waals surface area contributed by atoms with Gasteiger partial charge in [-0.1, -0.05) is 38.5 Å². The van der Waals surface area contributed by atoms with Crippen molar-refractivity contribution in [2.75, 3.05) is 31.1 Å². The topological polar surface area (TPSA) is 67.2 Å². The maximum atomic E-state index is 12.3. The number of piperazine rings is 1. The minimum atomic E-state index is -0.497. The number of hydrogen-bond acceptors (Lipinski definition) is 5. The summed E-state index contributed by atoms with van der Waals surface area (Å²) in [6.45, 7) is 8.76. The first-order valence-electron chi connectivity index (χ1n) is 11.0. The van der Waals surface area contributed by atoms with Crippen molar-refractivity contribution in [1.29, 1.82) is 0 Å². The third-order valence-electron chi connectivity index (χ3n) is 5.82. The van der Waals surface area contributed by atoms with E-state index in [4.69, 9.17) is 21.6 Å². The molecule has 3 heterocycles. The third-order valence-corrected chi connectivity index (χ3v) is 6.01. The Hall–Kier alpha value is -2.67. The Morgan fingerprint density at radius 1 is 1.10 bits per heavy atom. The summed E-state index contributed by atoms with van der Waals surface area (Å²) in [5.41, 5.74) is 1.80. The summed E-state index contributed by atoms with van der Waals surface area (Å²) in [6.07, 6.45) is 3.96. The maximum absolute atomic E-state index is 12.3. The number of anilines is 1. The lowest BCUT2D eigenvalue weighted by Gasteiger charge is -2.36. The van der Waals surface area contributed by atoms with Gasteiger partial charge in [-0.15, -0.1) is 11.6 Å². The summed E-state index contributed by atoms with van der Waals surface area (Å²) in [7, 11) is 0. The lowest BCUT2D eigenvalue weighted by molar-refractivity contribution is -0.130. The fraction of sp³-hybridized carbons (Fsp3) is 0.478. The van der Waals surface area contributed by atoms with E-state index in [1.54, 1.807) is 6.92 Å². The van der Waals surface area contributed by atoms with Crippen molar-refractivity contribution >= 4 is 34.4 Å². The van der Waals surface area contributed by atoms with Crippen molar-refractivity contribution in [3.05, 3.63) is 42.4 Å². The van der Waals surface area contributed by atoms with Gasteiger partial charge in [0.05, 0.1) is 17.3 Å². The second kappa shape index (κ2) is 9.22. The predicted molar refractivity (Wildman–Crippen MR) is 124 cm³/mol. The van der Waals surface area contributed by atoms with Gasteiger partial charge in [-0.3, -0.25) is 4.79 Å². The van der Waals surface area contributed by atoms with Crippen LogP contribution in [0, 0.1) is 0 Å². The van der Waals surface area contributed by atoms with Crippen molar-refractivity contribution < 1.29 is 4.79 Å². The van der Waals surface area contributed by atoms with Crippen LogP contribution in [0.3, 0.4) is 0 Å². The van der Waals surface area contributed by atoms with E-state index in [0.29, 0.717) is 26.2 Å². The molecular weight excluding hydrogens is 412 g/mol. The lowest BCUT2D eigenvalue weighted by Crippen LogP contribution is -2.50. The van der Waals surface area contributed by atoms with E-state index in [1.807, 2.05) is 46.1 Å². The van der Waals surface area contributed by atoms with Gasteiger partial charge < -0.3 is 9.80 Å². The Morgan fingerprint density at radius 3 is 2.45 bits per heavy atom. The van der Waals surface area contributed by atoms with Gasteiger partial charge in [0.25, 0.3) is 0 Å². The van der Waals surface area contributed by atoms with Crippen LogP contribution in [0.15, 0.2) is 36.5 Å². The van der Waals surface area contributed by atoms with E-state index in [0.717, 1.165) is 41.2 Å². The molecule has 0 radical (unpaired) electrons. The zero-order chi connectivity index (χ0) is 22.0. The minimum Gasteiger partial charge on any atom is -0.352 e. The molecule has 0 bridgehead atoms. The highest BCUT2D eigenvalue weighted by molar-refractivity contribution is 6.30. The number of alkyl halides is 1. The first-order chi connectivity index (χ1) is 15.0. The van der Waals surface area contributed by atoms with Crippen LogP contribution in [0.4, 0.5) is 5.82 Å². The monoisotopic (exact) mass is 440 g/mol. The number of carbonyl (C=O) groups excluding carboxylic acids is 1. The molecule has 8 heteroatoms. The molecule has 1 aliphatic rings. The predicted octanol–water partition coefficient (Wildman–Crippen LogP) is 4.00. The van der Waals surface area contributed by atoms with Crippen molar-refractivity contribution in [2.24, 2.45) is 0 Å². The van der Waals surface area contributed by atoms with Crippen LogP contribution in [-0.4, -0.2) is 62.1 Å². The largest absolute Gasteiger partial charge is 0.352 e. The number of para-hydroxylation sites is 1. The first-order valence-corrected chi connectivity index (χ1v) is 11.4. The van der Waals surface area contributed by atoms with E-state index in [1.165, 1.54) is 0 Å². The van der Waals surface area contributed by atoms with E-state index in [9.17, 15) is 4.79 Å². The zero-order valence-corrected chi connectivity index (χ0v) is 19.1. The Morgan fingerprint density at radius 2 is 1.81 bits per heavy atom. The molecule has 2 atom stereocenters. The zero-order valence-electron chi connectivity index (χ0n) is 18.3. The van der Waals surface area contributed by atoms with Crippen LogP contribution in [0.25, 0.3) is 16.7 Å². The van der Waals surface area contributed by atoms with Gasteiger partial charge in [0, 0.05) is 32.1 Å². The molecule has 1 fully saturated rings. The molecule has 0 N–H and O–H groups in total. The van der Waals surface area contributed by atoms with Crippen LogP contribution in [-0.2, 0) is 4.79 Å². The molecule has 2 aromatic heterocycles. The highest BCUT2D eigenvalue weighted by Gasteiger charge is 2.27. The average molecular weight is 441 g/mol. The minimum absolute atomic E-state index is 0.0108. The summed E-state index contributed by atoms with van der Waals surface area (Å²) in [5, 5.41) is 5.07. The number of amides is 1. The highest BCUT2D eigenvalue weighted by atomic mass is 35.5. The van der Waals surface area contributed by atoms with Gasteiger partial charge in [0.15, 0.2) is 5.65 Å². The van der Waals surface area contributed by atoms with Crippen molar-refractivity contribution in [3.8, 4) is 5.69 Å². The van der Waals surface area contributed by atoms with Crippen molar-refractivity contribution in [1.82, 2.24) is 24.6 Å². The molecule has 4 rings (SSSR count). The van der Waals surface area contributed by atoms with Crippen LogP contribution in [0.2, 0.25) is 0 Å². The van der Waals surface area contributed by atoms with Gasteiger partial charge in [-0.25, -0.2) is 14.6 Å². The Kier molecular flexibility index (Phi) is 6.41. The second-order valence-electron chi connectivity index (χ2n) is 8.15. The third kappa shape index (κ3) is 4.37. The number of fused-ring (bicyclic) bond motifs is 1. The number of nitrogens with zero attached hydrogens (tertiary/aromatic N) is 6. The molecule has 0 aliphatic carbocycles. The Balaban J connectivity index is 1.72. The molecule has 1 amide bonds. The molecule has 31 heavy (non-hydrogen) atoms. The SMILES string of the molecule is CCC[C@H](C)c1nc(N2CCN(C(=O)[C@H](C)Cl)CC2)c2cnn(-c3ccccc3)c2n1. The van der Waals surface area contributed by atoms with Gasteiger partial charge in [0.1, 0.15) is 17.0 Å². The number of halogens is 1. The van der Waals surface area contributed by atoms with Crippen LogP contribution >= 0.6 is 11.6 Å². The van der Waals surface area contributed by atoms with Gasteiger partial charge in [-0.05, 0) is 25.5 Å². The van der Waals surface area contributed by atoms with Crippen LogP contribution in [0.5, 0.6) is 0 Å². The quantitative estimate of drug-likeness (QED) is 0.542. The number of carbonyl (C=O) groups is 1. The number of aromatic nitrogens is 4. The summed E-state index contributed by atoms with van der Waals surface area (Å²) >= 11 is 6.00. The smallest absolute Gasteiger partial charge is 0.240 e. The van der Waals surface area contributed by atoms with Gasteiger partial charge in [-0.2, -0.15) is 5.10 Å². The molecule has 7 nitrogen and oxygen atoms in total. The molecule has 0 spiro atoms. The average Bonchev–Trinajstić information content (AvgIpc) is 3.23. The van der Waals surface area contributed by atoms with E-state index < -0.39 is 5.38 Å². The fourth-order valence-corrected chi connectivity index (χ4v) is 4.22. The van der Waals surface area contributed by atoms with Crippen molar-refractivity contribution in [3.63, 3.8) is 0 Å². The Bertz CT molecular complexity index is 1040. The number of rotatable bonds is 6. The summed E-state index contributed by atoms with van der Waals surface area (Å²) < 4.78 is 1.89. The second-order valence-corrected chi connectivity index (χ2v) is 8.81. The molecule has 3 aromatic rings. The van der Waals surface area contributed by atoms with Crippen LogP contribution in [0.1, 0.15) is 45.4 Å². The molecule has 164 valence electrons. The fourth-order valence-electron chi connectivity index (χ4n) is 4.08. The number of hydrogen-bond donors (Lipinski definition) is 0. The summed E-state index contributed by atoms with van der Waals surface area (Å²) in [5.74, 6) is 1.99. The molecule has 1 saturated heterocycles. The molecule has 0 saturated carbocycles. The van der Waals surface area contributed by atoms with Crippen LogP contribution < -0.4 is 4.90 Å². The first kappa shape index (κ1) is 21.6. The molecule has 1 aliphatic heterocycles. The standard InChI is InChI=1S/C23H29ClN6O/c1-4-8-16(2)20-26-21(28-11-13-29(14-12-28)23(31)17(3)24)19-15-25-30(22(19)27-20)18-9-6-5-7-10-18/h5-7,9-10,15-17H,4,8,11-14H2,1-3H3/t16-,17-/m0/s1. The Labute approximate surface area is 188 Å². The molecule has 0 unspecified atom stereocenters.